The molecule has 0 spiro atoms. The topological polar surface area (TPSA) is 98.9 Å². The quantitative estimate of drug-likeness (QED) is 0.436. The highest BCUT2D eigenvalue weighted by Crippen LogP contribution is 2.22. The van der Waals surface area contributed by atoms with Gasteiger partial charge >= 0.3 is 6.03 Å². The Morgan fingerprint density at radius 1 is 1.03 bits per heavy atom. The average Bonchev–Trinajstić information content (AvgIpc) is 2.73. The van der Waals surface area contributed by atoms with Crippen LogP contribution in [0, 0.1) is 5.41 Å². The zero-order valence-corrected chi connectivity index (χ0v) is 18.2. The number of urea groups is 1. The number of halogens is 2. The van der Waals surface area contributed by atoms with Gasteiger partial charge in [0.25, 0.3) is 5.56 Å². The summed E-state index contributed by atoms with van der Waals surface area (Å²) in [6.45, 7) is 5.37. The summed E-state index contributed by atoms with van der Waals surface area (Å²) in [7, 11) is 0. The van der Waals surface area contributed by atoms with Crippen LogP contribution in [0.15, 0.2) is 47.3 Å². The predicted octanol–water partition coefficient (Wildman–Crippen LogP) is 4.17. The first-order valence-corrected chi connectivity index (χ1v) is 10.2. The second-order valence-electron chi connectivity index (χ2n) is 7.75. The average molecular weight is 448 g/mol. The van der Waals surface area contributed by atoms with E-state index in [-0.39, 0.29) is 17.0 Å². The van der Waals surface area contributed by atoms with E-state index in [1.807, 2.05) is 38.1 Å². The van der Waals surface area contributed by atoms with Crippen LogP contribution in [-0.4, -0.2) is 29.3 Å². The predicted molar refractivity (Wildman–Crippen MR) is 121 cm³/mol. The van der Waals surface area contributed by atoms with Gasteiger partial charge in [0.1, 0.15) is 0 Å². The van der Waals surface area contributed by atoms with E-state index in [0.717, 1.165) is 10.9 Å². The molecule has 0 saturated carbocycles. The van der Waals surface area contributed by atoms with Crippen LogP contribution in [0.1, 0.15) is 19.4 Å². The molecule has 0 radical (unpaired) electrons. The molecule has 1 heterocycles. The van der Waals surface area contributed by atoms with Crippen LogP contribution in [0.4, 0.5) is 10.6 Å². The molecule has 2 amide bonds. The molecule has 0 atom stereocenters. The van der Waals surface area contributed by atoms with E-state index in [1.54, 1.807) is 18.2 Å². The molecule has 0 fully saturated rings. The number of hydrogen-bond acceptors (Lipinski definition) is 4. The number of hydrogen-bond donors (Lipinski definition) is 4. The summed E-state index contributed by atoms with van der Waals surface area (Å²) < 4.78 is 0. The van der Waals surface area contributed by atoms with E-state index >= 15 is 0 Å². The second-order valence-corrected chi connectivity index (χ2v) is 8.56. The summed E-state index contributed by atoms with van der Waals surface area (Å²) in [5.41, 5.74) is 0.368. The van der Waals surface area contributed by atoms with Gasteiger partial charge in [-0.05, 0) is 29.2 Å². The number of carbonyl (C=O) groups excluding carboxylic acids is 1. The zero-order valence-electron chi connectivity index (χ0n) is 16.7. The van der Waals surface area contributed by atoms with Crippen molar-refractivity contribution in [2.45, 2.75) is 20.4 Å². The van der Waals surface area contributed by atoms with Crippen molar-refractivity contribution < 1.29 is 4.79 Å². The molecule has 30 heavy (non-hydrogen) atoms. The zero-order chi connectivity index (χ0) is 21.7. The van der Waals surface area contributed by atoms with Crippen molar-refractivity contribution in [3.05, 3.63) is 68.4 Å². The number of aromatic nitrogens is 2. The summed E-state index contributed by atoms with van der Waals surface area (Å²) in [5.74, 6) is 0.599. The van der Waals surface area contributed by atoms with Gasteiger partial charge in [-0.3, -0.25) is 4.79 Å². The van der Waals surface area contributed by atoms with Gasteiger partial charge in [-0.1, -0.05) is 61.3 Å². The van der Waals surface area contributed by atoms with Crippen LogP contribution in [0.25, 0.3) is 10.8 Å². The summed E-state index contributed by atoms with van der Waals surface area (Å²) in [6, 6.07) is 12.2. The van der Waals surface area contributed by atoms with E-state index in [0.29, 0.717) is 40.9 Å². The lowest BCUT2D eigenvalue weighted by Crippen LogP contribution is -2.42. The third kappa shape index (κ3) is 5.64. The number of nitrogens with one attached hydrogen (secondary N) is 4. The Morgan fingerprint density at radius 3 is 2.50 bits per heavy atom. The van der Waals surface area contributed by atoms with Crippen LogP contribution < -0.4 is 21.5 Å². The molecule has 0 saturated heterocycles. The number of fused-ring (bicyclic) bond motifs is 1. The normalized spacial score (nSPS) is 11.3. The highest BCUT2D eigenvalue weighted by molar-refractivity contribution is 6.42. The minimum Gasteiger partial charge on any atom is -0.368 e. The number of amides is 2. The standard InChI is InChI=1S/C21H23Cl2N5O2/c1-21(2,11-25-18-14-5-3-4-6-15(14)19(29)28-27-18)12-26-20(30)24-10-13-7-8-16(22)17(23)9-13/h3-9H,10-12H2,1-2H3,(H,25,27)(H,28,29)(H2,24,26,30). The number of anilines is 1. The fourth-order valence-electron chi connectivity index (χ4n) is 2.85. The van der Waals surface area contributed by atoms with Crippen molar-refractivity contribution >= 4 is 45.8 Å². The van der Waals surface area contributed by atoms with E-state index in [9.17, 15) is 9.59 Å². The fourth-order valence-corrected chi connectivity index (χ4v) is 3.17. The largest absolute Gasteiger partial charge is 0.368 e. The maximum atomic E-state index is 12.1. The van der Waals surface area contributed by atoms with Gasteiger partial charge in [-0.2, -0.15) is 5.10 Å². The number of aromatic amines is 1. The Kier molecular flexibility index (Phi) is 6.84. The Balaban J connectivity index is 1.51. The highest BCUT2D eigenvalue weighted by atomic mass is 35.5. The monoisotopic (exact) mass is 447 g/mol. The Labute approximate surface area is 184 Å². The highest BCUT2D eigenvalue weighted by Gasteiger charge is 2.20. The molecule has 158 valence electrons. The number of rotatable bonds is 7. The first kappa shape index (κ1) is 21.9. The summed E-state index contributed by atoms with van der Waals surface area (Å²) >= 11 is 11.9. The lowest BCUT2D eigenvalue weighted by Gasteiger charge is -2.26. The third-order valence-electron chi connectivity index (χ3n) is 4.60. The Hall–Kier alpha value is -2.77. The molecular weight excluding hydrogens is 425 g/mol. The smallest absolute Gasteiger partial charge is 0.315 e. The van der Waals surface area contributed by atoms with E-state index < -0.39 is 0 Å². The van der Waals surface area contributed by atoms with Crippen molar-refractivity contribution in [1.29, 1.82) is 0 Å². The Morgan fingerprint density at radius 2 is 1.77 bits per heavy atom. The minimum absolute atomic E-state index is 0.226. The van der Waals surface area contributed by atoms with Crippen LogP contribution in [0.5, 0.6) is 0 Å². The van der Waals surface area contributed by atoms with Gasteiger partial charge in [-0.15, -0.1) is 0 Å². The van der Waals surface area contributed by atoms with Gasteiger partial charge in [-0.25, -0.2) is 9.89 Å². The van der Waals surface area contributed by atoms with E-state index in [1.165, 1.54) is 0 Å². The third-order valence-corrected chi connectivity index (χ3v) is 5.33. The summed E-state index contributed by atoms with van der Waals surface area (Å²) in [5, 5.41) is 17.8. The molecule has 2 aromatic carbocycles. The summed E-state index contributed by atoms with van der Waals surface area (Å²) in [4.78, 5) is 24.0. The molecule has 3 rings (SSSR count). The van der Waals surface area contributed by atoms with Gasteiger partial charge in [0.2, 0.25) is 0 Å². The maximum absolute atomic E-state index is 12.1. The molecule has 4 N–H and O–H groups in total. The molecule has 0 unspecified atom stereocenters. The number of carbonyl (C=O) groups is 1. The molecule has 7 nitrogen and oxygen atoms in total. The SMILES string of the molecule is CC(C)(CNC(=O)NCc1ccc(Cl)c(Cl)c1)CNc1n[nH]c(=O)c2ccccc12. The first-order valence-electron chi connectivity index (χ1n) is 9.42. The minimum atomic E-state index is -0.276. The number of H-pyrrole nitrogens is 1. The molecular formula is C21H23Cl2N5O2. The van der Waals surface area contributed by atoms with Gasteiger partial charge in [0.05, 0.1) is 15.4 Å². The molecule has 0 aliphatic heterocycles. The molecule has 9 heteroatoms. The lowest BCUT2D eigenvalue weighted by molar-refractivity contribution is 0.234. The van der Waals surface area contributed by atoms with Gasteiger partial charge in [0, 0.05) is 25.0 Å². The number of benzene rings is 2. The molecule has 3 aromatic rings. The van der Waals surface area contributed by atoms with Gasteiger partial charge < -0.3 is 16.0 Å². The Bertz CT molecular complexity index is 1110. The number of nitrogens with zero attached hydrogens (tertiary/aromatic N) is 1. The van der Waals surface area contributed by atoms with Gasteiger partial charge in [0.15, 0.2) is 5.82 Å². The second kappa shape index (κ2) is 9.36. The van der Waals surface area contributed by atoms with Crippen molar-refractivity contribution in [2.75, 3.05) is 18.4 Å². The van der Waals surface area contributed by atoms with E-state index in [2.05, 4.69) is 26.1 Å². The van der Waals surface area contributed by atoms with Crippen LogP contribution in [-0.2, 0) is 6.54 Å². The van der Waals surface area contributed by atoms with Crippen molar-refractivity contribution in [3.8, 4) is 0 Å². The first-order chi connectivity index (χ1) is 14.2. The van der Waals surface area contributed by atoms with Crippen LogP contribution >= 0.6 is 23.2 Å². The molecule has 0 bridgehead atoms. The van der Waals surface area contributed by atoms with Crippen LogP contribution in [0.3, 0.4) is 0 Å². The van der Waals surface area contributed by atoms with Crippen molar-refractivity contribution in [3.63, 3.8) is 0 Å². The van der Waals surface area contributed by atoms with Crippen LogP contribution in [0.2, 0.25) is 10.0 Å². The molecule has 1 aromatic heterocycles. The molecule has 0 aliphatic carbocycles. The van der Waals surface area contributed by atoms with Crippen molar-refractivity contribution in [1.82, 2.24) is 20.8 Å². The maximum Gasteiger partial charge on any atom is 0.315 e. The van der Waals surface area contributed by atoms with E-state index in [4.69, 9.17) is 23.2 Å². The lowest BCUT2D eigenvalue weighted by atomic mass is 9.93. The fraction of sp³-hybridized carbons (Fsp3) is 0.286. The molecule has 0 aliphatic rings. The summed E-state index contributed by atoms with van der Waals surface area (Å²) in [6.07, 6.45) is 0. The van der Waals surface area contributed by atoms with Crippen molar-refractivity contribution in [2.24, 2.45) is 5.41 Å².